The van der Waals surface area contributed by atoms with Gasteiger partial charge in [-0.2, -0.15) is 0 Å². The molecule has 0 N–H and O–H groups in total. The Bertz CT molecular complexity index is 1520. The summed E-state index contributed by atoms with van der Waals surface area (Å²) in [6, 6.07) is 40.3. The van der Waals surface area contributed by atoms with Crippen LogP contribution in [0.1, 0.15) is 81.6 Å². The molecule has 0 aliphatic heterocycles. The van der Waals surface area contributed by atoms with Crippen molar-refractivity contribution in [1.29, 1.82) is 0 Å². The summed E-state index contributed by atoms with van der Waals surface area (Å²) in [5.74, 6) is 0.994. The van der Waals surface area contributed by atoms with Gasteiger partial charge in [0.05, 0.1) is 18.6 Å². The van der Waals surface area contributed by atoms with Crippen LogP contribution in [0.25, 0.3) is 0 Å². The van der Waals surface area contributed by atoms with Gasteiger partial charge in [-0.15, -0.1) is 0 Å². The van der Waals surface area contributed by atoms with Gasteiger partial charge in [0.15, 0.2) is 5.78 Å². The van der Waals surface area contributed by atoms with E-state index < -0.39 is 13.9 Å². The first kappa shape index (κ1) is 30.5. The van der Waals surface area contributed by atoms with Gasteiger partial charge in [0.2, 0.25) is 0 Å². The molecule has 4 aromatic rings. The fraction of sp³-hybridized carbons (Fsp3) is 0.375. The zero-order valence-electron chi connectivity index (χ0n) is 26.9. The zero-order valence-corrected chi connectivity index (χ0v) is 27.9. The molecule has 4 heteroatoms. The smallest absolute Gasteiger partial charge is 0.261 e. The summed E-state index contributed by atoms with van der Waals surface area (Å²) in [6.07, 6.45) is 4.88. The molecule has 0 spiro atoms. The van der Waals surface area contributed by atoms with Crippen molar-refractivity contribution in [2.75, 3.05) is 7.11 Å². The molecule has 6 rings (SSSR count). The van der Waals surface area contributed by atoms with Crippen molar-refractivity contribution in [2.45, 2.75) is 76.4 Å². The molecule has 228 valence electrons. The lowest BCUT2D eigenvalue weighted by molar-refractivity contribution is -0.0925. The maximum atomic E-state index is 14.9. The Hall–Kier alpha value is -3.47. The molecule has 0 heterocycles. The van der Waals surface area contributed by atoms with Crippen molar-refractivity contribution in [3.63, 3.8) is 0 Å². The molecular weight excluding hydrogens is 557 g/mol. The molecule has 2 aliphatic rings. The zero-order chi connectivity index (χ0) is 31.0. The largest absolute Gasteiger partial charge is 0.497 e. The molecule has 4 atom stereocenters. The molecule has 4 aromatic carbocycles. The summed E-state index contributed by atoms with van der Waals surface area (Å²) in [5, 5.41) is 2.33. The summed E-state index contributed by atoms with van der Waals surface area (Å²) in [4.78, 5) is 14.9. The van der Waals surface area contributed by atoms with Gasteiger partial charge in [0.1, 0.15) is 5.75 Å². The number of Topliss-reactive ketones (excluding diaryl/α,β-unsaturated/α-hetero) is 1. The van der Waals surface area contributed by atoms with Crippen molar-refractivity contribution >= 4 is 24.5 Å². The Morgan fingerprint density at radius 2 is 1.27 bits per heavy atom. The Morgan fingerprint density at radius 1 is 0.750 bits per heavy atom. The van der Waals surface area contributed by atoms with Gasteiger partial charge < -0.3 is 9.16 Å². The first-order valence-electron chi connectivity index (χ1n) is 16.2. The van der Waals surface area contributed by atoms with E-state index in [4.69, 9.17) is 9.16 Å². The number of hydrogen-bond donors (Lipinski definition) is 0. The first-order valence-corrected chi connectivity index (χ1v) is 18.1. The molecular formula is C40H46O3Si. The molecule has 0 radical (unpaired) electrons. The second-order valence-electron chi connectivity index (χ2n) is 14.1. The first-order chi connectivity index (χ1) is 21.2. The predicted molar refractivity (Wildman–Crippen MR) is 183 cm³/mol. The molecule has 2 aliphatic carbocycles. The van der Waals surface area contributed by atoms with Gasteiger partial charge >= 0.3 is 0 Å². The fourth-order valence-corrected chi connectivity index (χ4v) is 13.7. The second kappa shape index (κ2) is 11.8. The monoisotopic (exact) mass is 602 g/mol. The maximum Gasteiger partial charge on any atom is 0.261 e. The van der Waals surface area contributed by atoms with Gasteiger partial charge in [-0.25, -0.2) is 0 Å². The number of rotatable bonds is 8. The summed E-state index contributed by atoms with van der Waals surface area (Å²) in [6.45, 7) is 9.48. The van der Waals surface area contributed by atoms with Crippen LogP contribution >= 0.6 is 0 Å². The van der Waals surface area contributed by atoms with Crippen molar-refractivity contribution in [1.82, 2.24) is 0 Å². The van der Waals surface area contributed by atoms with Crippen LogP contribution in [0, 0.1) is 11.3 Å². The number of methoxy groups -OCH3 is 1. The minimum absolute atomic E-state index is 0.185. The molecule has 1 unspecified atom stereocenters. The average Bonchev–Trinajstić information content (AvgIpc) is 3.32. The number of benzene rings is 4. The van der Waals surface area contributed by atoms with Gasteiger partial charge in [0, 0.05) is 11.0 Å². The van der Waals surface area contributed by atoms with E-state index in [-0.39, 0.29) is 28.1 Å². The van der Waals surface area contributed by atoms with E-state index in [9.17, 15) is 4.79 Å². The average molecular weight is 603 g/mol. The van der Waals surface area contributed by atoms with Crippen molar-refractivity contribution < 1.29 is 14.0 Å². The molecule has 2 saturated carbocycles. The highest BCUT2D eigenvalue weighted by atomic mass is 28.4. The number of fused-ring (bicyclic) bond motifs is 1. The minimum atomic E-state index is -2.98. The van der Waals surface area contributed by atoms with Crippen molar-refractivity contribution in [3.05, 3.63) is 126 Å². The van der Waals surface area contributed by atoms with Crippen LogP contribution in [0.2, 0.25) is 5.04 Å². The van der Waals surface area contributed by atoms with E-state index in [0.717, 1.165) is 43.4 Å². The van der Waals surface area contributed by atoms with Crippen molar-refractivity contribution in [2.24, 2.45) is 11.3 Å². The summed E-state index contributed by atoms with van der Waals surface area (Å²) < 4.78 is 13.8. The fourth-order valence-electron chi connectivity index (χ4n) is 8.73. The predicted octanol–water partition coefficient (Wildman–Crippen LogP) is 8.58. The number of ketones is 1. The third-order valence-electron chi connectivity index (χ3n) is 10.9. The molecule has 0 amide bonds. The number of carbonyl (C=O) groups excluding carboxylic acids is 1. The van der Waals surface area contributed by atoms with E-state index in [1.165, 1.54) is 15.9 Å². The summed E-state index contributed by atoms with van der Waals surface area (Å²) >= 11 is 0. The Balaban J connectivity index is 1.61. The molecule has 0 saturated heterocycles. The number of carbonyl (C=O) groups is 1. The molecule has 2 fully saturated rings. The maximum absolute atomic E-state index is 14.9. The van der Waals surface area contributed by atoms with Crippen LogP contribution < -0.4 is 15.1 Å². The highest BCUT2D eigenvalue weighted by molar-refractivity contribution is 6.99. The van der Waals surface area contributed by atoms with E-state index in [0.29, 0.717) is 0 Å². The van der Waals surface area contributed by atoms with E-state index >= 15 is 0 Å². The SMILES string of the molecule is COc1ccc([C@H]2CC(C(=O)c3ccccc3)[C@@]3(O[Si](c4ccccc4)(c4ccccc4)C(C)(C)C)CCCC[C@@]23C)cc1. The highest BCUT2D eigenvalue weighted by Gasteiger charge is 2.69. The number of hydrogen-bond acceptors (Lipinski definition) is 3. The summed E-state index contributed by atoms with van der Waals surface area (Å²) in [7, 11) is -1.27. The molecule has 44 heavy (non-hydrogen) atoms. The van der Waals surface area contributed by atoms with Gasteiger partial charge in [-0.3, -0.25) is 4.79 Å². The minimum Gasteiger partial charge on any atom is -0.497 e. The standard InChI is InChI=1S/C40H46O3Si/c1-38(2,3)44(33-19-11-7-12-20-33,34-21-13-8-14-22-34)43-40-28-16-15-27-39(40,4)35(30-23-25-32(42-5)26-24-30)29-36(40)37(41)31-17-9-6-10-18-31/h6-14,17-26,35-36H,15-16,27-29H2,1-5H3/t35-,36?,39+,40+/m1/s1. The Labute approximate surface area is 264 Å². The third kappa shape index (κ3) is 4.87. The van der Waals surface area contributed by atoms with Gasteiger partial charge in [-0.05, 0) is 58.3 Å². The topological polar surface area (TPSA) is 35.5 Å². The van der Waals surface area contributed by atoms with Gasteiger partial charge in [0.25, 0.3) is 8.32 Å². The lowest BCUT2D eigenvalue weighted by Gasteiger charge is -2.58. The lowest BCUT2D eigenvalue weighted by Crippen LogP contribution is -2.72. The third-order valence-corrected chi connectivity index (χ3v) is 16.0. The Morgan fingerprint density at radius 3 is 1.80 bits per heavy atom. The van der Waals surface area contributed by atoms with Crippen LogP contribution in [-0.2, 0) is 4.43 Å². The van der Waals surface area contributed by atoms with Crippen LogP contribution in [0.5, 0.6) is 5.75 Å². The second-order valence-corrected chi connectivity index (χ2v) is 18.3. The normalized spacial score (nSPS) is 25.3. The molecule has 0 aromatic heterocycles. The Kier molecular flexibility index (Phi) is 8.19. The van der Waals surface area contributed by atoms with Crippen LogP contribution in [-0.4, -0.2) is 26.8 Å². The quantitative estimate of drug-likeness (QED) is 0.150. The van der Waals surface area contributed by atoms with E-state index in [1.807, 2.05) is 30.3 Å². The van der Waals surface area contributed by atoms with Crippen LogP contribution in [0.4, 0.5) is 0 Å². The van der Waals surface area contributed by atoms with Gasteiger partial charge in [-0.1, -0.05) is 144 Å². The molecule has 0 bridgehead atoms. The molecule has 3 nitrogen and oxygen atoms in total. The van der Waals surface area contributed by atoms with Crippen LogP contribution in [0.15, 0.2) is 115 Å². The summed E-state index contributed by atoms with van der Waals surface area (Å²) in [5.41, 5.74) is 1.19. The van der Waals surface area contributed by atoms with Crippen LogP contribution in [0.3, 0.4) is 0 Å². The van der Waals surface area contributed by atoms with E-state index in [2.05, 4.69) is 113 Å². The van der Waals surface area contributed by atoms with E-state index in [1.54, 1.807) is 7.11 Å². The number of ether oxygens (including phenoxy) is 1. The highest BCUT2D eigenvalue weighted by Crippen LogP contribution is 2.67. The lowest BCUT2D eigenvalue weighted by atomic mass is 9.59. The van der Waals surface area contributed by atoms with Crippen molar-refractivity contribution in [3.8, 4) is 5.75 Å².